The third kappa shape index (κ3) is 7.37. The largest absolute Gasteiger partial charge is 0.450 e. The first-order valence-corrected chi connectivity index (χ1v) is 5.99. The second-order valence-corrected chi connectivity index (χ2v) is 4.00. The summed E-state index contributed by atoms with van der Waals surface area (Å²) in [6.45, 7) is 3.64. The summed E-state index contributed by atoms with van der Waals surface area (Å²) < 4.78 is 41.3. The number of nitrogens with one attached hydrogen (secondary N) is 1. The van der Waals surface area contributed by atoms with Gasteiger partial charge in [-0.25, -0.2) is 4.79 Å². The number of hydrogen-bond donors (Lipinski definition) is 2. The summed E-state index contributed by atoms with van der Waals surface area (Å²) in [6, 6.07) is -0.736. The van der Waals surface area contributed by atoms with Crippen LogP contribution in [0.1, 0.15) is 39.5 Å². The summed E-state index contributed by atoms with van der Waals surface area (Å²) in [5.74, 6) is 0. The number of amides is 1. The SMILES string of the molecule is CCCCC(CC(O)C(F)(F)F)NC(=O)OCC. The second kappa shape index (κ2) is 8.18. The third-order valence-corrected chi connectivity index (χ3v) is 2.39. The average molecular weight is 271 g/mol. The van der Waals surface area contributed by atoms with Gasteiger partial charge in [-0.05, 0) is 13.3 Å². The van der Waals surface area contributed by atoms with Crippen LogP contribution in [0.15, 0.2) is 0 Å². The zero-order chi connectivity index (χ0) is 14.2. The van der Waals surface area contributed by atoms with Crippen molar-refractivity contribution in [2.45, 2.75) is 57.9 Å². The van der Waals surface area contributed by atoms with Crippen LogP contribution in [0.4, 0.5) is 18.0 Å². The van der Waals surface area contributed by atoms with Gasteiger partial charge < -0.3 is 15.2 Å². The molecule has 0 heterocycles. The maximum Gasteiger partial charge on any atom is 0.414 e. The molecule has 0 rings (SSSR count). The third-order valence-electron chi connectivity index (χ3n) is 2.39. The zero-order valence-electron chi connectivity index (χ0n) is 10.6. The Morgan fingerprint density at radius 1 is 1.39 bits per heavy atom. The monoisotopic (exact) mass is 271 g/mol. The van der Waals surface area contributed by atoms with Gasteiger partial charge in [-0.3, -0.25) is 0 Å². The highest BCUT2D eigenvalue weighted by atomic mass is 19.4. The summed E-state index contributed by atoms with van der Waals surface area (Å²) in [5.41, 5.74) is 0. The highest BCUT2D eigenvalue weighted by Gasteiger charge is 2.39. The molecule has 0 aromatic carbocycles. The Kier molecular flexibility index (Phi) is 7.73. The average Bonchev–Trinajstić information content (AvgIpc) is 2.24. The summed E-state index contributed by atoms with van der Waals surface area (Å²) in [6.07, 6.45) is -6.56. The normalized spacial score (nSPS) is 15.0. The standard InChI is InChI=1S/C11H20F3NO3/c1-3-5-6-8(15-10(17)18-4-2)7-9(16)11(12,13)14/h8-9,16H,3-7H2,1-2H3,(H,15,17). The van der Waals surface area contributed by atoms with Crippen molar-refractivity contribution >= 4 is 6.09 Å². The van der Waals surface area contributed by atoms with E-state index >= 15 is 0 Å². The Morgan fingerprint density at radius 3 is 2.44 bits per heavy atom. The molecule has 0 aliphatic carbocycles. The minimum absolute atomic E-state index is 0.147. The molecule has 0 spiro atoms. The number of alkyl halides is 3. The molecule has 0 bridgehead atoms. The van der Waals surface area contributed by atoms with Crippen molar-refractivity contribution in [3.05, 3.63) is 0 Å². The fourth-order valence-electron chi connectivity index (χ4n) is 1.44. The number of carbonyl (C=O) groups excluding carboxylic acids is 1. The van der Waals surface area contributed by atoms with Crippen LogP contribution in [-0.2, 0) is 4.74 Å². The van der Waals surface area contributed by atoms with Gasteiger partial charge in [0.05, 0.1) is 6.61 Å². The molecule has 0 fully saturated rings. The van der Waals surface area contributed by atoms with E-state index in [1.54, 1.807) is 6.92 Å². The van der Waals surface area contributed by atoms with Crippen molar-refractivity contribution < 1.29 is 27.8 Å². The van der Waals surface area contributed by atoms with E-state index < -0.39 is 30.8 Å². The van der Waals surface area contributed by atoms with Crippen LogP contribution in [0.3, 0.4) is 0 Å². The van der Waals surface area contributed by atoms with Crippen molar-refractivity contribution in [2.75, 3.05) is 6.61 Å². The van der Waals surface area contributed by atoms with Crippen molar-refractivity contribution in [1.29, 1.82) is 0 Å². The van der Waals surface area contributed by atoms with Crippen LogP contribution >= 0.6 is 0 Å². The van der Waals surface area contributed by atoms with E-state index in [-0.39, 0.29) is 6.61 Å². The number of alkyl carbamates (subject to hydrolysis) is 1. The molecule has 0 aliphatic heterocycles. The lowest BCUT2D eigenvalue weighted by Crippen LogP contribution is -2.41. The van der Waals surface area contributed by atoms with Crippen LogP contribution in [0.25, 0.3) is 0 Å². The molecule has 2 N–H and O–H groups in total. The smallest absolute Gasteiger partial charge is 0.414 e. The minimum atomic E-state index is -4.67. The zero-order valence-corrected chi connectivity index (χ0v) is 10.6. The van der Waals surface area contributed by atoms with Crippen LogP contribution in [-0.4, -0.2) is 36.1 Å². The number of unbranched alkanes of at least 4 members (excludes halogenated alkanes) is 1. The van der Waals surface area contributed by atoms with Gasteiger partial charge in [-0.15, -0.1) is 0 Å². The second-order valence-electron chi connectivity index (χ2n) is 4.00. The Balaban J connectivity index is 4.34. The molecule has 0 aliphatic rings. The first kappa shape index (κ1) is 17.0. The van der Waals surface area contributed by atoms with E-state index in [0.29, 0.717) is 12.8 Å². The molecular weight excluding hydrogens is 251 g/mol. The minimum Gasteiger partial charge on any atom is -0.450 e. The highest BCUT2D eigenvalue weighted by molar-refractivity contribution is 5.67. The van der Waals surface area contributed by atoms with E-state index in [1.807, 2.05) is 6.92 Å². The predicted molar refractivity (Wildman–Crippen MR) is 60.1 cm³/mol. The quantitative estimate of drug-likeness (QED) is 0.748. The van der Waals surface area contributed by atoms with Gasteiger partial charge in [0.2, 0.25) is 0 Å². The van der Waals surface area contributed by atoms with Gasteiger partial charge >= 0.3 is 12.3 Å². The highest BCUT2D eigenvalue weighted by Crippen LogP contribution is 2.24. The van der Waals surface area contributed by atoms with Crippen LogP contribution in [0, 0.1) is 0 Å². The molecule has 0 saturated heterocycles. The van der Waals surface area contributed by atoms with Crippen molar-refractivity contribution in [2.24, 2.45) is 0 Å². The van der Waals surface area contributed by atoms with Gasteiger partial charge in [-0.1, -0.05) is 19.8 Å². The van der Waals surface area contributed by atoms with Crippen LogP contribution < -0.4 is 5.32 Å². The van der Waals surface area contributed by atoms with Gasteiger partial charge in [0.15, 0.2) is 6.10 Å². The van der Waals surface area contributed by atoms with Gasteiger partial charge in [-0.2, -0.15) is 13.2 Å². The van der Waals surface area contributed by atoms with Gasteiger partial charge in [0, 0.05) is 12.5 Å². The molecule has 0 aromatic rings. The van der Waals surface area contributed by atoms with Gasteiger partial charge in [0.25, 0.3) is 0 Å². The molecule has 0 saturated carbocycles. The molecule has 1 amide bonds. The molecule has 2 unspecified atom stereocenters. The number of carbonyl (C=O) groups is 1. The Morgan fingerprint density at radius 2 is 2.00 bits per heavy atom. The lowest BCUT2D eigenvalue weighted by Gasteiger charge is -2.22. The molecule has 108 valence electrons. The molecule has 4 nitrogen and oxygen atoms in total. The first-order chi connectivity index (χ1) is 8.31. The fraction of sp³-hybridized carbons (Fsp3) is 0.909. The fourth-order valence-corrected chi connectivity index (χ4v) is 1.44. The number of aliphatic hydroxyl groups excluding tert-OH is 1. The number of aliphatic hydroxyl groups is 1. The molecule has 7 heteroatoms. The van der Waals surface area contributed by atoms with E-state index in [0.717, 1.165) is 6.42 Å². The number of halogens is 3. The number of ether oxygens (including phenoxy) is 1. The summed E-state index contributed by atoms with van der Waals surface area (Å²) in [5, 5.41) is 11.3. The Bertz CT molecular complexity index is 246. The molecule has 2 atom stereocenters. The van der Waals surface area contributed by atoms with E-state index in [4.69, 9.17) is 5.11 Å². The first-order valence-electron chi connectivity index (χ1n) is 5.99. The van der Waals surface area contributed by atoms with Gasteiger partial charge in [0.1, 0.15) is 0 Å². The molecule has 0 aromatic heterocycles. The summed E-state index contributed by atoms with van der Waals surface area (Å²) >= 11 is 0. The molecule has 0 radical (unpaired) electrons. The topological polar surface area (TPSA) is 58.6 Å². The van der Waals surface area contributed by atoms with Crippen molar-refractivity contribution in [3.63, 3.8) is 0 Å². The maximum atomic E-state index is 12.2. The molecule has 18 heavy (non-hydrogen) atoms. The van der Waals surface area contributed by atoms with Crippen molar-refractivity contribution in [1.82, 2.24) is 5.32 Å². The van der Waals surface area contributed by atoms with E-state index in [1.165, 1.54) is 0 Å². The predicted octanol–water partition coefficient (Wildman–Crippen LogP) is 2.60. The Labute approximate surface area is 105 Å². The lowest BCUT2D eigenvalue weighted by atomic mass is 10.0. The number of hydrogen-bond acceptors (Lipinski definition) is 3. The van der Waals surface area contributed by atoms with Crippen LogP contribution in [0.2, 0.25) is 0 Å². The summed E-state index contributed by atoms with van der Waals surface area (Å²) in [7, 11) is 0. The lowest BCUT2D eigenvalue weighted by molar-refractivity contribution is -0.207. The summed E-state index contributed by atoms with van der Waals surface area (Å²) in [4.78, 5) is 11.2. The Hall–Kier alpha value is -0.980. The van der Waals surface area contributed by atoms with E-state index in [9.17, 15) is 18.0 Å². The number of rotatable bonds is 7. The van der Waals surface area contributed by atoms with E-state index in [2.05, 4.69) is 10.1 Å². The molecular formula is C11H20F3NO3. The van der Waals surface area contributed by atoms with Crippen LogP contribution in [0.5, 0.6) is 0 Å². The maximum absolute atomic E-state index is 12.2. The van der Waals surface area contributed by atoms with Crippen molar-refractivity contribution in [3.8, 4) is 0 Å².